The smallest absolute Gasteiger partial charge is 0.00714 e. The average molecular weight is 396 g/mol. The van der Waals surface area contributed by atoms with E-state index in [4.69, 9.17) is 0 Å². The van der Waals surface area contributed by atoms with Crippen molar-refractivity contribution in [3.05, 3.63) is 49.7 Å². The minimum atomic E-state index is 0. The van der Waals surface area contributed by atoms with Crippen molar-refractivity contribution in [1.82, 2.24) is 4.90 Å². The van der Waals surface area contributed by atoms with E-state index in [0.29, 0.717) is 5.41 Å². The Kier molecular flexibility index (Phi) is 21.3. The van der Waals surface area contributed by atoms with Crippen LogP contribution in [-0.2, 0) is 38.1 Å². The van der Waals surface area contributed by atoms with E-state index in [2.05, 4.69) is 90.6 Å². The molecule has 0 atom stereocenters. The van der Waals surface area contributed by atoms with Gasteiger partial charge >= 0.3 is 0 Å². The third kappa shape index (κ3) is 15.5. The summed E-state index contributed by atoms with van der Waals surface area (Å²) in [6.45, 7) is 26.5. The molecule has 1 rings (SSSR count). The zero-order valence-electron chi connectivity index (χ0n) is 16.2. The van der Waals surface area contributed by atoms with Gasteiger partial charge in [-0.3, -0.25) is 0 Å². The first kappa shape index (κ1) is 31.1. The van der Waals surface area contributed by atoms with Gasteiger partial charge < -0.3 is 18.7 Å². The predicted octanol–water partition coefficient (Wildman–Crippen LogP) is 6.40. The maximum atomic E-state index is 3.81. The minimum Gasteiger partial charge on any atom is -0.358 e. The second kappa shape index (κ2) is 15.8. The Hall–Kier alpha value is 0.284. The van der Waals surface area contributed by atoms with E-state index in [1.807, 2.05) is 13.8 Å². The molecule has 1 nitrogen and oxygen atoms in total. The molecule has 0 bridgehead atoms. The van der Waals surface area contributed by atoms with Crippen molar-refractivity contribution in [1.29, 1.82) is 0 Å². The summed E-state index contributed by atoms with van der Waals surface area (Å²) in [4.78, 5) is 2.22. The van der Waals surface area contributed by atoms with Crippen LogP contribution < -0.4 is 0 Å². The van der Waals surface area contributed by atoms with Crippen molar-refractivity contribution in [2.75, 3.05) is 13.1 Å². The van der Waals surface area contributed by atoms with Crippen LogP contribution in [0.3, 0.4) is 0 Å². The van der Waals surface area contributed by atoms with Crippen molar-refractivity contribution in [2.45, 2.75) is 73.8 Å². The first-order chi connectivity index (χ1) is 9.62. The molecule has 2 heteroatoms. The summed E-state index contributed by atoms with van der Waals surface area (Å²) in [6.07, 6.45) is 0. The molecule has 135 valence electrons. The molecule has 1 radical (unpaired) electrons. The normalized spacial score (nSPS) is 10.2. The Balaban J connectivity index is -0.000000132. The van der Waals surface area contributed by atoms with E-state index in [1.165, 1.54) is 5.56 Å². The molecular formula is C21H41NY-2. The van der Waals surface area contributed by atoms with Gasteiger partial charge in [-0.2, -0.15) is 0 Å². The van der Waals surface area contributed by atoms with Gasteiger partial charge in [0.15, 0.2) is 0 Å². The first-order valence-corrected chi connectivity index (χ1v) is 8.02. The number of hydrogen-bond donors (Lipinski definition) is 0. The molecule has 0 aromatic heterocycles. The molecule has 23 heavy (non-hydrogen) atoms. The van der Waals surface area contributed by atoms with Gasteiger partial charge in [0, 0.05) is 38.2 Å². The monoisotopic (exact) mass is 396 g/mol. The van der Waals surface area contributed by atoms with Gasteiger partial charge in [-0.15, -0.1) is 13.1 Å². The van der Waals surface area contributed by atoms with Gasteiger partial charge in [-0.1, -0.05) is 72.4 Å². The average Bonchev–Trinajstić information content (AvgIpc) is 2.41. The third-order valence-corrected chi connectivity index (χ3v) is 3.13. The maximum absolute atomic E-state index is 3.81. The van der Waals surface area contributed by atoms with Gasteiger partial charge in [-0.25, -0.2) is 0 Å². The molecule has 0 fully saturated rings. The van der Waals surface area contributed by atoms with E-state index in [1.54, 1.807) is 0 Å². The Labute approximate surface area is 173 Å². The van der Waals surface area contributed by atoms with Crippen LogP contribution in [0.15, 0.2) is 30.3 Å². The molecule has 1 aromatic carbocycles. The fourth-order valence-corrected chi connectivity index (χ4v) is 1.72. The Bertz CT molecular complexity index is 329. The zero-order valence-corrected chi connectivity index (χ0v) is 19.1. The molecule has 1 aromatic rings. The van der Waals surface area contributed by atoms with Crippen molar-refractivity contribution >= 4 is 0 Å². The van der Waals surface area contributed by atoms with Crippen LogP contribution in [0, 0.1) is 13.8 Å². The number of hydrogen-bond acceptors (Lipinski definition) is 1. The molecule has 0 unspecified atom stereocenters. The molecule has 0 amide bonds. The predicted molar refractivity (Wildman–Crippen MR) is 105 cm³/mol. The van der Waals surface area contributed by atoms with Gasteiger partial charge in [0.05, 0.1) is 0 Å². The van der Waals surface area contributed by atoms with Crippen LogP contribution in [-0.4, -0.2) is 23.5 Å². The van der Waals surface area contributed by atoms with Crippen LogP contribution in [0.4, 0.5) is 0 Å². The molecule has 0 N–H and O–H groups in total. The molecular weight excluding hydrogens is 355 g/mol. The maximum Gasteiger partial charge on any atom is 0.00714 e. The van der Waals surface area contributed by atoms with Gasteiger partial charge in [0.2, 0.25) is 0 Å². The van der Waals surface area contributed by atoms with Crippen molar-refractivity contribution in [3.8, 4) is 0 Å². The van der Waals surface area contributed by atoms with Crippen LogP contribution in [0.2, 0.25) is 0 Å². The molecule has 0 saturated heterocycles. The standard InChI is InChI=1S/C10H14.C8H17N.C2H6.CH4.Y/c1-10(2,3)9-7-5-4-6-8-9;1-6-9(7-2)8(3,4)5;1-2;;/h4-8H,1-3H3;1-2,6-7H2,3-5H3;1-2H3;1H4;/q;-2;;;. The van der Waals surface area contributed by atoms with Gasteiger partial charge in [0.25, 0.3) is 0 Å². The quantitative estimate of drug-likeness (QED) is 0.523. The molecule has 0 aliphatic heterocycles. The van der Waals surface area contributed by atoms with E-state index in [0.717, 1.165) is 13.1 Å². The SMILES string of the molecule is C.CC.CC(C)(C)c1ccccc1.[CH2-]CN(C[CH2-])C(C)(C)C.[Y]. The second-order valence-corrected chi connectivity index (χ2v) is 6.77. The topological polar surface area (TPSA) is 3.24 Å². The van der Waals surface area contributed by atoms with Crippen LogP contribution >= 0.6 is 0 Å². The largest absolute Gasteiger partial charge is 0.358 e. The van der Waals surface area contributed by atoms with Crippen molar-refractivity contribution in [2.24, 2.45) is 0 Å². The van der Waals surface area contributed by atoms with E-state index in [-0.39, 0.29) is 45.7 Å². The summed E-state index contributed by atoms with van der Waals surface area (Å²) < 4.78 is 0. The minimum absolute atomic E-state index is 0. The third-order valence-electron chi connectivity index (χ3n) is 3.13. The summed E-state index contributed by atoms with van der Waals surface area (Å²) in [6, 6.07) is 10.6. The van der Waals surface area contributed by atoms with E-state index < -0.39 is 0 Å². The van der Waals surface area contributed by atoms with Crippen molar-refractivity contribution in [3.63, 3.8) is 0 Å². The summed E-state index contributed by atoms with van der Waals surface area (Å²) in [5.41, 5.74) is 1.92. The summed E-state index contributed by atoms with van der Waals surface area (Å²) in [7, 11) is 0. The van der Waals surface area contributed by atoms with E-state index in [9.17, 15) is 0 Å². The van der Waals surface area contributed by atoms with E-state index >= 15 is 0 Å². The fourth-order valence-electron chi connectivity index (χ4n) is 1.72. The Morgan fingerprint density at radius 3 is 1.30 bits per heavy atom. The molecule has 0 aliphatic carbocycles. The van der Waals surface area contributed by atoms with Crippen LogP contribution in [0.5, 0.6) is 0 Å². The Morgan fingerprint density at radius 1 is 0.826 bits per heavy atom. The summed E-state index contributed by atoms with van der Waals surface area (Å²) in [5.74, 6) is 0. The number of benzene rings is 1. The fraction of sp³-hybridized carbons (Fsp3) is 0.619. The molecule has 0 spiro atoms. The number of nitrogens with zero attached hydrogens (tertiary/aromatic N) is 1. The zero-order chi connectivity index (χ0) is 17.1. The van der Waals surface area contributed by atoms with Crippen molar-refractivity contribution < 1.29 is 32.7 Å². The van der Waals surface area contributed by atoms with Gasteiger partial charge in [-0.05, 0) is 31.7 Å². The van der Waals surface area contributed by atoms with Crippen LogP contribution in [0.25, 0.3) is 0 Å². The summed E-state index contributed by atoms with van der Waals surface area (Å²) in [5, 5.41) is 0. The van der Waals surface area contributed by atoms with Gasteiger partial charge in [0.1, 0.15) is 0 Å². The second-order valence-electron chi connectivity index (χ2n) is 6.77. The molecule has 0 heterocycles. The first-order valence-electron chi connectivity index (χ1n) is 8.02. The van der Waals surface area contributed by atoms with Crippen LogP contribution in [0.1, 0.15) is 68.4 Å². The summed E-state index contributed by atoms with van der Waals surface area (Å²) >= 11 is 0. The number of rotatable bonds is 2. The molecule has 0 saturated carbocycles. The Morgan fingerprint density at radius 2 is 1.17 bits per heavy atom. The molecule has 0 aliphatic rings.